The summed E-state index contributed by atoms with van der Waals surface area (Å²) in [6, 6.07) is 13.0. The Morgan fingerprint density at radius 1 is 1.06 bits per heavy atom. The van der Waals surface area contributed by atoms with Gasteiger partial charge in [0.25, 0.3) is 5.69 Å². The van der Waals surface area contributed by atoms with Crippen LogP contribution >= 0.6 is 0 Å². The third-order valence-electron chi connectivity index (χ3n) is 2.29. The van der Waals surface area contributed by atoms with Gasteiger partial charge in [-0.1, -0.05) is 30.3 Å². The maximum absolute atomic E-state index is 10.5. The van der Waals surface area contributed by atoms with E-state index in [1.54, 1.807) is 12.4 Å². The van der Waals surface area contributed by atoms with Crippen LogP contribution in [0.4, 0.5) is 5.69 Å². The molecule has 1 heterocycles. The van der Waals surface area contributed by atoms with Gasteiger partial charge in [-0.15, -0.1) is 0 Å². The van der Waals surface area contributed by atoms with E-state index in [0.717, 1.165) is 6.54 Å². The van der Waals surface area contributed by atoms with E-state index in [1.165, 1.54) is 17.7 Å². The van der Waals surface area contributed by atoms with Gasteiger partial charge < -0.3 is 24.0 Å². The minimum absolute atomic E-state index is 0. The molecule has 0 amide bonds. The number of nitrogens with zero attached hydrogens (tertiary/aromatic N) is 2. The molecular formula is C12H11IN2O2. The SMILES string of the molecule is O=[N+]([O-])c1cc[n+](Cc2ccccc2)cc1.[I-]. The zero-order valence-electron chi connectivity index (χ0n) is 8.99. The summed E-state index contributed by atoms with van der Waals surface area (Å²) >= 11 is 0. The molecule has 0 saturated heterocycles. The Labute approximate surface area is 116 Å². The quantitative estimate of drug-likeness (QED) is 0.309. The summed E-state index contributed by atoms with van der Waals surface area (Å²) in [6.45, 7) is 0.721. The second-order valence-corrected chi connectivity index (χ2v) is 3.47. The van der Waals surface area contributed by atoms with E-state index in [2.05, 4.69) is 0 Å². The standard InChI is InChI=1S/C12H11N2O2.HI/c15-14(16)12-6-8-13(9-7-12)10-11-4-2-1-3-5-11;/h1-9H,10H2;1H/q+1;/p-1. The molecule has 0 saturated carbocycles. The van der Waals surface area contributed by atoms with Crippen LogP contribution in [0.25, 0.3) is 0 Å². The fourth-order valence-corrected chi connectivity index (χ4v) is 1.47. The highest BCUT2D eigenvalue weighted by Gasteiger charge is 2.08. The van der Waals surface area contributed by atoms with Gasteiger partial charge in [-0.25, -0.2) is 4.57 Å². The summed E-state index contributed by atoms with van der Waals surface area (Å²) in [5.74, 6) is 0. The lowest BCUT2D eigenvalue weighted by Gasteiger charge is -1.96. The van der Waals surface area contributed by atoms with Gasteiger partial charge in [0.15, 0.2) is 18.9 Å². The van der Waals surface area contributed by atoms with Crippen molar-refractivity contribution in [3.63, 3.8) is 0 Å². The van der Waals surface area contributed by atoms with E-state index in [9.17, 15) is 10.1 Å². The van der Waals surface area contributed by atoms with Crippen molar-refractivity contribution in [2.75, 3.05) is 0 Å². The fourth-order valence-electron chi connectivity index (χ4n) is 1.47. The minimum atomic E-state index is -0.396. The Bertz CT molecular complexity index is 486. The Kier molecular flexibility index (Phi) is 5.02. The first-order valence-corrected chi connectivity index (χ1v) is 4.93. The molecule has 0 N–H and O–H groups in total. The van der Waals surface area contributed by atoms with Crippen molar-refractivity contribution in [3.8, 4) is 0 Å². The number of halogens is 1. The van der Waals surface area contributed by atoms with Crippen molar-refractivity contribution in [1.29, 1.82) is 0 Å². The van der Waals surface area contributed by atoms with E-state index in [1.807, 2.05) is 34.9 Å². The van der Waals surface area contributed by atoms with Gasteiger partial charge >= 0.3 is 0 Å². The molecule has 88 valence electrons. The number of nitro groups is 1. The Morgan fingerprint density at radius 3 is 2.18 bits per heavy atom. The van der Waals surface area contributed by atoms with E-state index < -0.39 is 4.92 Å². The normalized spacial score (nSPS) is 9.41. The highest BCUT2D eigenvalue weighted by atomic mass is 127. The molecule has 0 aliphatic carbocycles. The van der Waals surface area contributed by atoms with Crippen molar-refractivity contribution in [2.24, 2.45) is 0 Å². The predicted molar refractivity (Wildman–Crippen MR) is 58.8 cm³/mol. The second-order valence-electron chi connectivity index (χ2n) is 3.47. The summed E-state index contributed by atoms with van der Waals surface area (Å²) in [7, 11) is 0. The average molecular weight is 342 g/mol. The molecule has 17 heavy (non-hydrogen) atoms. The molecule has 0 fully saturated rings. The highest BCUT2D eigenvalue weighted by molar-refractivity contribution is 5.23. The van der Waals surface area contributed by atoms with E-state index in [4.69, 9.17) is 0 Å². The largest absolute Gasteiger partial charge is 1.00 e. The van der Waals surface area contributed by atoms with Crippen LogP contribution in [0.15, 0.2) is 54.9 Å². The van der Waals surface area contributed by atoms with Gasteiger partial charge in [0.05, 0.1) is 17.1 Å². The molecule has 2 rings (SSSR count). The van der Waals surface area contributed by atoms with Crippen molar-refractivity contribution in [3.05, 3.63) is 70.5 Å². The van der Waals surface area contributed by atoms with Crippen LogP contribution < -0.4 is 28.5 Å². The Balaban J connectivity index is 0.00000144. The number of pyridine rings is 1. The third-order valence-corrected chi connectivity index (χ3v) is 2.29. The summed E-state index contributed by atoms with van der Waals surface area (Å²) in [4.78, 5) is 10.1. The molecule has 1 aromatic heterocycles. The monoisotopic (exact) mass is 342 g/mol. The van der Waals surface area contributed by atoms with Gasteiger partial charge in [-0.3, -0.25) is 10.1 Å². The van der Waals surface area contributed by atoms with Crippen molar-refractivity contribution < 1.29 is 33.5 Å². The van der Waals surface area contributed by atoms with Crippen LogP contribution in [0.1, 0.15) is 5.56 Å². The molecular weight excluding hydrogens is 331 g/mol. The van der Waals surface area contributed by atoms with Crippen LogP contribution in [0.2, 0.25) is 0 Å². The number of benzene rings is 1. The molecule has 0 aliphatic heterocycles. The van der Waals surface area contributed by atoms with Gasteiger partial charge in [0.1, 0.15) is 0 Å². The topological polar surface area (TPSA) is 47.0 Å². The molecule has 0 atom stereocenters. The van der Waals surface area contributed by atoms with Gasteiger partial charge in [-0.05, 0) is 0 Å². The highest BCUT2D eigenvalue weighted by Crippen LogP contribution is 2.06. The minimum Gasteiger partial charge on any atom is -1.00 e. The molecule has 0 unspecified atom stereocenters. The van der Waals surface area contributed by atoms with Crippen LogP contribution in [-0.4, -0.2) is 4.92 Å². The van der Waals surface area contributed by atoms with E-state index in [0.29, 0.717) is 0 Å². The lowest BCUT2D eigenvalue weighted by molar-refractivity contribution is -0.688. The van der Waals surface area contributed by atoms with E-state index >= 15 is 0 Å². The number of aromatic nitrogens is 1. The smallest absolute Gasteiger partial charge is 0.281 e. The van der Waals surface area contributed by atoms with Crippen molar-refractivity contribution in [2.45, 2.75) is 6.54 Å². The maximum atomic E-state index is 10.5. The van der Waals surface area contributed by atoms with E-state index in [-0.39, 0.29) is 29.7 Å². The zero-order chi connectivity index (χ0) is 11.4. The Hall–Kier alpha value is -1.50. The molecule has 4 nitrogen and oxygen atoms in total. The lowest BCUT2D eigenvalue weighted by Crippen LogP contribution is -3.00. The lowest BCUT2D eigenvalue weighted by atomic mass is 10.2. The number of hydrogen-bond acceptors (Lipinski definition) is 2. The van der Waals surface area contributed by atoms with Crippen LogP contribution in [0, 0.1) is 10.1 Å². The summed E-state index contributed by atoms with van der Waals surface area (Å²) in [6.07, 6.45) is 3.43. The second kappa shape index (κ2) is 6.29. The fraction of sp³-hybridized carbons (Fsp3) is 0.0833. The number of rotatable bonds is 3. The molecule has 0 bridgehead atoms. The van der Waals surface area contributed by atoms with Crippen molar-refractivity contribution >= 4 is 5.69 Å². The molecule has 0 radical (unpaired) electrons. The summed E-state index contributed by atoms with van der Waals surface area (Å²) in [5, 5.41) is 10.5. The molecule has 2 aromatic rings. The summed E-state index contributed by atoms with van der Waals surface area (Å²) < 4.78 is 1.91. The Morgan fingerprint density at radius 2 is 1.65 bits per heavy atom. The first-order chi connectivity index (χ1) is 7.75. The van der Waals surface area contributed by atoms with Crippen LogP contribution in [0.3, 0.4) is 0 Å². The summed E-state index contributed by atoms with van der Waals surface area (Å²) in [5.41, 5.74) is 1.28. The molecule has 0 spiro atoms. The van der Waals surface area contributed by atoms with Crippen LogP contribution in [0.5, 0.6) is 0 Å². The van der Waals surface area contributed by atoms with Gasteiger partial charge in [0.2, 0.25) is 0 Å². The maximum Gasteiger partial charge on any atom is 0.281 e. The first kappa shape index (κ1) is 13.6. The third kappa shape index (κ3) is 3.77. The molecule has 0 aliphatic rings. The van der Waals surface area contributed by atoms with Crippen LogP contribution in [-0.2, 0) is 6.54 Å². The predicted octanol–water partition coefficient (Wildman–Crippen LogP) is -1.07. The zero-order valence-corrected chi connectivity index (χ0v) is 11.1. The van der Waals surface area contributed by atoms with Crippen molar-refractivity contribution in [1.82, 2.24) is 0 Å². The van der Waals surface area contributed by atoms with Gasteiger partial charge in [0, 0.05) is 5.56 Å². The number of hydrogen-bond donors (Lipinski definition) is 0. The average Bonchev–Trinajstić information content (AvgIpc) is 2.31. The molecule has 1 aromatic carbocycles. The van der Waals surface area contributed by atoms with Gasteiger partial charge in [-0.2, -0.15) is 0 Å². The molecule has 5 heteroatoms. The first-order valence-electron chi connectivity index (χ1n) is 4.93.